The highest BCUT2D eigenvalue weighted by Crippen LogP contribution is 2.20. The molecule has 0 fully saturated rings. The van der Waals surface area contributed by atoms with E-state index in [9.17, 15) is 18.0 Å². The van der Waals surface area contributed by atoms with Gasteiger partial charge in [-0.3, -0.25) is 14.3 Å². The largest absolute Gasteiger partial charge is 0.497 e. The number of aryl methyl sites for hydroxylation is 1. The van der Waals surface area contributed by atoms with Gasteiger partial charge in [-0.2, -0.15) is 0 Å². The topological polar surface area (TPSA) is 131 Å². The summed E-state index contributed by atoms with van der Waals surface area (Å²) in [6.07, 6.45) is 0. The second-order valence-electron chi connectivity index (χ2n) is 6.89. The monoisotopic (exact) mass is 458 g/mol. The quantitative estimate of drug-likeness (QED) is 0.530. The maximum absolute atomic E-state index is 12.6. The first kappa shape index (κ1) is 22.8. The Morgan fingerprint density at radius 1 is 1.09 bits per heavy atom. The van der Waals surface area contributed by atoms with Crippen LogP contribution in [0.1, 0.15) is 16.1 Å². The number of carbonyl (C=O) groups excluding carboxylic acids is 2. The van der Waals surface area contributed by atoms with Gasteiger partial charge in [-0.05, 0) is 55.5 Å². The van der Waals surface area contributed by atoms with Crippen molar-refractivity contribution in [1.29, 1.82) is 0 Å². The van der Waals surface area contributed by atoms with Crippen molar-refractivity contribution in [2.75, 3.05) is 30.7 Å². The van der Waals surface area contributed by atoms with Crippen LogP contribution in [0, 0.1) is 6.92 Å². The van der Waals surface area contributed by atoms with Gasteiger partial charge in [0.1, 0.15) is 11.5 Å². The van der Waals surface area contributed by atoms with Crippen LogP contribution in [-0.4, -0.2) is 51.0 Å². The van der Waals surface area contributed by atoms with Gasteiger partial charge in [0, 0.05) is 24.4 Å². The van der Waals surface area contributed by atoms with Gasteiger partial charge in [0.25, 0.3) is 15.9 Å². The van der Waals surface area contributed by atoms with Gasteiger partial charge >= 0.3 is 0 Å². The molecule has 0 saturated carbocycles. The predicted molar refractivity (Wildman–Crippen MR) is 117 cm³/mol. The summed E-state index contributed by atoms with van der Waals surface area (Å²) in [5.41, 5.74) is 0.611. The summed E-state index contributed by atoms with van der Waals surface area (Å²) in [6, 6.07) is 13.4. The molecule has 0 unspecified atom stereocenters. The summed E-state index contributed by atoms with van der Waals surface area (Å²) >= 11 is 0. The van der Waals surface area contributed by atoms with Crippen LogP contribution in [0.4, 0.5) is 11.5 Å². The third-order valence-corrected chi connectivity index (χ3v) is 5.77. The van der Waals surface area contributed by atoms with Crippen LogP contribution in [0.25, 0.3) is 0 Å². The summed E-state index contributed by atoms with van der Waals surface area (Å²) in [7, 11) is -0.861. The standard InChI is InChI=1S/C21H22N4O6S/c1-14-12-19(23-31-14)22-20(26)13-25(2)21(27)15-4-10-18(11-5-15)32(28,29)24-16-6-8-17(30-3)9-7-16/h4-12,24H,13H2,1-3H3,(H,22,23,26). The number of hydrogen-bond donors (Lipinski definition) is 2. The molecule has 1 aromatic heterocycles. The normalized spacial score (nSPS) is 11.0. The van der Waals surface area contributed by atoms with E-state index in [1.165, 1.54) is 43.3 Å². The first-order valence-electron chi connectivity index (χ1n) is 9.43. The SMILES string of the molecule is COc1ccc(NS(=O)(=O)c2ccc(C(=O)N(C)CC(=O)Nc3cc(C)on3)cc2)cc1. The molecule has 0 saturated heterocycles. The Hall–Kier alpha value is -3.86. The number of nitrogens with one attached hydrogen (secondary N) is 2. The smallest absolute Gasteiger partial charge is 0.261 e. The Morgan fingerprint density at radius 2 is 1.75 bits per heavy atom. The summed E-state index contributed by atoms with van der Waals surface area (Å²) in [5.74, 6) is 0.513. The number of ether oxygens (including phenoxy) is 1. The van der Waals surface area contributed by atoms with E-state index in [1.54, 1.807) is 37.3 Å². The Morgan fingerprint density at radius 3 is 2.31 bits per heavy atom. The number of benzene rings is 2. The molecule has 0 radical (unpaired) electrons. The molecule has 3 rings (SSSR count). The Bertz CT molecular complexity index is 1200. The van der Waals surface area contributed by atoms with Crippen molar-refractivity contribution in [3.63, 3.8) is 0 Å². The zero-order chi connectivity index (χ0) is 23.3. The lowest BCUT2D eigenvalue weighted by molar-refractivity contribution is -0.116. The molecule has 2 aromatic carbocycles. The molecule has 2 N–H and O–H groups in total. The van der Waals surface area contributed by atoms with E-state index in [0.717, 1.165) is 0 Å². The lowest BCUT2D eigenvalue weighted by Crippen LogP contribution is -2.35. The molecular formula is C21H22N4O6S. The Labute approximate surface area is 185 Å². The van der Waals surface area contributed by atoms with E-state index in [2.05, 4.69) is 15.2 Å². The molecule has 1 heterocycles. The maximum atomic E-state index is 12.6. The minimum atomic E-state index is -3.84. The van der Waals surface area contributed by atoms with E-state index in [-0.39, 0.29) is 22.8 Å². The fourth-order valence-corrected chi connectivity index (χ4v) is 3.82. The van der Waals surface area contributed by atoms with Crippen molar-refractivity contribution in [3.05, 3.63) is 65.9 Å². The molecule has 0 spiro atoms. The van der Waals surface area contributed by atoms with E-state index in [0.29, 0.717) is 17.2 Å². The molecule has 0 aliphatic heterocycles. The van der Waals surface area contributed by atoms with Crippen LogP contribution in [0.3, 0.4) is 0 Å². The second kappa shape index (κ2) is 9.52. The second-order valence-corrected chi connectivity index (χ2v) is 8.57. The van der Waals surface area contributed by atoms with Crippen molar-refractivity contribution in [2.24, 2.45) is 0 Å². The number of likely N-dealkylation sites (N-methyl/N-ethyl adjacent to an activating group) is 1. The highest BCUT2D eigenvalue weighted by molar-refractivity contribution is 7.92. The van der Waals surface area contributed by atoms with Gasteiger partial charge < -0.3 is 19.5 Å². The highest BCUT2D eigenvalue weighted by Gasteiger charge is 2.19. The molecule has 168 valence electrons. The molecule has 0 aliphatic rings. The number of carbonyl (C=O) groups is 2. The van der Waals surface area contributed by atoms with E-state index < -0.39 is 21.8 Å². The minimum absolute atomic E-state index is 0.00772. The van der Waals surface area contributed by atoms with Crippen molar-refractivity contribution in [1.82, 2.24) is 10.1 Å². The van der Waals surface area contributed by atoms with Crippen LogP contribution >= 0.6 is 0 Å². The molecule has 32 heavy (non-hydrogen) atoms. The average Bonchev–Trinajstić information content (AvgIpc) is 3.17. The molecule has 0 aliphatic carbocycles. The van der Waals surface area contributed by atoms with E-state index >= 15 is 0 Å². The number of anilines is 2. The molecule has 11 heteroatoms. The van der Waals surface area contributed by atoms with Gasteiger partial charge in [-0.15, -0.1) is 0 Å². The van der Waals surface area contributed by atoms with Crippen molar-refractivity contribution in [3.8, 4) is 5.75 Å². The molecule has 0 bridgehead atoms. The fraction of sp³-hybridized carbons (Fsp3) is 0.190. The molecule has 2 amide bonds. The number of nitrogens with zero attached hydrogens (tertiary/aromatic N) is 2. The summed E-state index contributed by atoms with van der Waals surface area (Å²) in [4.78, 5) is 25.9. The first-order valence-corrected chi connectivity index (χ1v) is 10.9. The van der Waals surface area contributed by atoms with Gasteiger partial charge in [-0.1, -0.05) is 5.16 Å². The van der Waals surface area contributed by atoms with Crippen molar-refractivity contribution in [2.45, 2.75) is 11.8 Å². The highest BCUT2D eigenvalue weighted by atomic mass is 32.2. The summed E-state index contributed by atoms with van der Waals surface area (Å²) < 4.78 is 37.6. The minimum Gasteiger partial charge on any atom is -0.497 e. The van der Waals surface area contributed by atoms with E-state index in [1.807, 2.05) is 0 Å². The van der Waals surface area contributed by atoms with Gasteiger partial charge in [0.05, 0.1) is 18.6 Å². The number of hydrogen-bond acceptors (Lipinski definition) is 7. The maximum Gasteiger partial charge on any atom is 0.261 e. The number of rotatable bonds is 8. The van der Waals surface area contributed by atoms with Crippen LogP contribution in [0.5, 0.6) is 5.75 Å². The molecular weight excluding hydrogens is 436 g/mol. The van der Waals surface area contributed by atoms with E-state index in [4.69, 9.17) is 9.26 Å². The van der Waals surface area contributed by atoms with Crippen LogP contribution in [0.15, 0.2) is 64.0 Å². The third kappa shape index (κ3) is 5.64. The first-order chi connectivity index (χ1) is 15.2. The zero-order valence-electron chi connectivity index (χ0n) is 17.7. The summed E-state index contributed by atoms with van der Waals surface area (Å²) in [5, 5.41) is 6.18. The molecule has 3 aromatic rings. The summed E-state index contributed by atoms with van der Waals surface area (Å²) in [6.45, 7) is 1.47. The Balaban J connectivity index is 1.62. The van der Waals surface area contributed by atoms with Gasteiger partial charge in [-0.25, -0.2) is 8.42 Å². The van der Waals surface area contributed by atoms with Crippen molar-refractivity contribution >= 4 is 33.3 Å². The molecule has 10 nitrogen and oxygen atoms in total. The van der Waals surface area contributed by atoms with Gasteiger partial charge in [0.15, 0.2) is 5.82 Å². The number of sulfonamides is 1. The predicted octanol–water partition coefficient (Wildman–Crippen LogP) is 2.50. The lowest BCUT2D eigenvalue weighted by atomic mass is 10.2. The fourth-order valence-electron chi connectivity index (χ4n) is 2.77. The van der Waals surface area contributed by atoms with Crippen molar-refractivity contribution < 1.29 is 27.3 Å². The zero-order valence-corrected chi connectivity index (χ0v) is 18.5. The number of amides is 2. The Kier molecular flexibility index (Phi) is 6.79. The average molecular weight is 458 g/mol. The molecule has 0 atom stereocenters. The van der Waals surface area contributed by atoms with Gasteiger partial charge in [0.2, 0.25) is 5.91 Å². The number of methoxy groups -OCH3 is 1. The third-order valence-electron chi connectivity index (χ3n) is 4.38. The number of aromatic nitrogens is 1. The van der Waals surface area contributed by atoms with Crippen LogP contribution in [0.2, 0.25) is 0 Å². The van der Waals surface area contributed by atoms with Crippen LogP contribution < -0.4 is 14.8 Å². The lowest BCUT2D eigenvalue weighted by Gasteiger charge is -2.16. The van der Waals surface area contributed by atoms with Crippen LogP contribution in [-0.2, 0) is 14.8 Å².